The van der Waals surface area contributed by atoms with E-state index in [1.165, 1.54) is 15.9 Å². The minimum Gasteiger partial charge on any atom is -0.303 e. The summed E-state index contributed by atoms with van der Waals surface area (Å²) in [4.78, 5) is 11.2. The molecule has 0 N–H and O–H groups in total. The zero-order valence-corrected chi connectivity index (χ0v) is 18.6. The molecule has 1 aromatic carbocycles. The lowest BCUT2D eigenvalue weighted by molar-refractivity contribution is -0.107. The van der Waals surface area contributed by atoms with E-state index in [0.717, 1.165) is 11.8 Å². The van der Waals surface area contributed by atoms with Gasteiger partial charge in [-0.3, -0.25) is 4.31 Å². The fourth-order valence-corrected chi connectivity index (χ4v) is 7.33. The van der Waals surface area contributed by atoms with Crippen LogP contribution < -0.4 is 0 Å². The van der Waals surface area contributed by atoms with E-state index < -0.39 is 28.9 Å². The highest BCUT2D eigenvalue weighted by Crippen LogP contribution is 2.15. The summed E-state index contributed by atoms with van der Waals surface area (Å²) in [5.41, 5.74) is 1.07. The zero-order chi connectivity index (χ0) is 19.8. The predicted molar refractivity (Wildman–Crippen MR) is 111 cm³/mol. The molecule has 0 aliphatic rings. The summed E-state index contributed by atoms with van der Waals surface area (Å²) in [6, 6.07) is 7.94. The monoisotopic (exact) mass is 415 g/mol. The molecule has 0 bridgehead atoms. The minimum atomic E-state index is -3.49. The van der Waals surface area contributed by atoms with Gasteiger partial charge in [0.1, 0.15) is 6.29 Å². The maximum absolute atomic E-state index is 12.7. The van der Waals surface area contributed by atoms with Crippen molar-refractivity contribution in [3.8, 4) is 0 Å². The lowest BCUT2D eigenvalue weighted by Gasteiger charge is -2.22. The molecule has 1 rings (SSSR count). The highest BCUT2D eigenvalue weighted by molar-refractivity contribution is 7.89. The Labute approximate surface area is 161 Å². The van der Waals surface area contributed by atoms with Gasteiger partial charge >= 0.3 is 0 Å². The van der Waals surface area contributed by atoms with E-state index in [4.69, 9.17) is 0 Å². The first-order chi connectivity index (χ1) is 12.0. The van der Waals surface area contributed by atoms with Crippen molar-refractivity contribution in [1.82, 2.24) is 4.31 Å². The van der Waals surface area contributed by atoms with Gasteiger partial charge in [0.2, 0.25) is 10.0 Å². The number of rotatable bonds is 11. The summed E-state index contributed by atoms with van der Waals surface area (Å²) in [5.74, 6) is 0.0747. The summed E-state index contributed by atoms with van der Waals surface area (Å²) in [5, 5.41) is 1.40. The molecule has 0 aliphatic carbocycles. The lowest BCUT2D eigenvalue weighted by atomic mass is 10.2. The first kappa shape index (κ1) is 22.8. The Bertz CT molecular complexity index is 737. The Morgan fingerprint density at radius 3 is 2.31 bits per heavy atom. The van der Waals surface area contributed by atoms with Gasteiger partial charge in [0, 0.05) is 37.5 Å². The summed E-state index contributed by atoms with van der Waals surface area (Å²) in [6.45, 7) is 8.54. The minimum absolute atomic E-state index is 0.0747. The summed E-state index contributed by atoms with van der Waals surface area (Å²) < 4.78 is 39.0. The average molecular weight is 416 g/mol. The average Bonchev–Trinajstić information content (AvgIpc) is 2.56. The van der Waals surface area contributed by atoms with Gasteiger partial charge in [0.15, 0.2) is 0 Å². The van der Waals surface area contributed by atoms with E-state index in [1.807, 2.05) is 19.1 Å². The number of unbranched alkanes of at least 4 members (excludes halogenated alkanes) is 1. The third-order valence-corrected chi connectivity index (χ3v) is 8.73. The highest BCUT2D eigenvalue weighted by Gasteiger charge is 2.23. The van der Waals surface area contributed by atoms with Crippen molar-refractivity contribution in [2.45, 2.75) is 50.3 Å². The van der Waals surface area contributed by atoms with Crippen LogP contribution in [0.4, 0.5) is 0 Å². The van der Waals surface area contributed by atoms with E-state index in [0.29, 0.717) is 23.8 Å². The van der Waals surface area contributed by atoms with Gasteiger partial charge in [-0.15, -0.1) is 0 Å². The van der Waals surface area contributed by atoms with Crippen LogP contribution in [0.3, 0.4) is 0 Å². The number of hydrogen-bond acceptors (Lipinski definition) is 4. The first-order valence-electron chi connectivity index (χ1n) is 8.64. The normalized spacial score (nSPS) is 13.7. The van der Waals surface area contributed by atoms with Crippen LogP contribution in [0.5, 0.6) is 0 Å². The number of aldehydes is 1. The van der Waals surface area contributed by atoms with Crippen molar-refractivity contribution in [2.24, 2.45) is 0 Å². The van der Waals surface area contributed by atoms with Crippen molar-refractivity contribution < 1.29 is 17.4 Å². The summed E-state index contributed by atoms with van der Waals surface area (Å²) in [6.07, 6.45) is 2.91. The van der Waals surface area contributed by atoms with Crippen LogP contribution in [0.1, 0.15) is 18.4 Å². The summed E-state index contributed by atoms with van der Waals surface area (Å²) in [7, 11) is -6.41. The maximum Gasteiger partial charge on any atom is 0.234 e. The van der Waals surface area contributed by atoms with E-state index in [-0.39, 0.29) is 12.3 Å². The molecule has 0 saturated heterocycles. The van der Waals surface area contributed by atoms with Crippen LogP contribution in [0.25, 0.3) is 0 Å². The molecule has 0 radical (unpaired) electrons. The van der Waals surface area contributed by atoms with Gasteiger partial charge in [-0.2, -0.15) is 0 Å². The second-order valence-corrected chi connectivity index (χ2v) is 16.4. The van der Waals surface area contributed by atoms with Gasteiger partial charge < -0.3 is 4.79 Å². The second kappa shape index (κ2) is 10.2. The van der Waals surface area contributed by atoms with Crippen LogP contribution in [0.15, 0.2) is 40.8 Å². The number of carbonyl (C=O) groups excluding carboxylic acids is 1. The number of carbonyl (C=O) groups is 1. The molecule has 8 heteroatoms. The molecule has 0 aliphatic heterocycles. The van der Waals surface area contributed by atoms with E-state index >= 15 is 0 Å². The van der Waals surface area contributed by atoms with Crippen LogP contribution in [0, 0.1) is 6.92 Å². The van der Waals surface area contributed by atoms with Crippen molar-refractivity contribution in [3.05, 3.63) is 41.4 Å². The molecule has 146 valence electrons. The molecule has 0 fully saturated rings. The molecular formula is C18H29NO4S2Si. The third-order valence-electron chi connectivity index (χ3n) is 3.77. The number of nitrogens with zero attached hydrogens (tertiary/aromatic N) is 1. The Morgan fingerprint density at radius 1 is 1.15 bits per heavy atom. The van der Waals surface area contributed by atoms with Gasteiger partial charge in [0.25, 0.3) is 0 Å². The molecule has 1 aromatic rings. The molecule has 0 aromatic heterocycles. The molecule has 0 saturated carbocycles. The molecule has 1 unspecified atom stereocenters. The van der Waals surface area contributed by atoms with E-state index in [9.17, 15) is 17.4 Å². The fraction of sp³-hybridized carbons (Fsp3) is 0.500. The molecule has 0 amide bonds. The van der Waals surface area contributed by atoms with Gasteiger partial charge in [-0.25, -0.2) is 12.6 Å². The lowest BCUT2D eigenvalue weighted by Crippen LogP contribution is -2.33. The second-order valence-electron chi connectivity index (χ2n) is 7.44. The van der Waals surface area contributed by atoms with Crippen LogP contribution in [-0.2, 0) is 25.6 Å². The fourth-order valence-electron chi connectivity index (χ4n) is 2.06. The topological polar surface area (TPSA) is 71.5 Å². The Balaban J connectivity index is 2.92. The van der Waals surface area contributed by atoms with Gasteiger partial charge in [0.05, 0.1) is 16.6 Å². The SMILES string of the molecule is Cc1ccc(S(=O)/C=C/N(CCCC=O)S(=O)(=O)CC[Si](C)(C)C)cc1. The smallest absolute Gasteiger partial charge is 0.234 e. The van der Waals surface area contributed by atoms with Gasteiger partial charge in [-0.05, 0) is 31.5 Å². The van der Waals surface area contributed by atoms with E-state index in [2.05, 4.69) is 19.6 Å². The Morgan fingerprint density at radius 2 is 1.77 bits per heavy atom. The maximum atomic E-state index is 12.7. The molecule has 0 spiro atoms. The Hall–Kier alpha value is -1.25. The standard InChI is InChI=1S/C18H29NO4S2Si/c1-17-7-9-18(10-8-17)24(21)14-12-19(11-5-6-13-20)25(22,23)15-16-26(2,3)4/h7-10,12-14H,5-6,11,15-16H2,1-4H3/b14-12+. The van der Waals surface area contributed by atoms with Crippen molar-refractivity contribution >= 4 is 35.2 Å². The summed E-state index contributed by atoms with van der Waals surface area (Å²) >= 11 is 0. The van der Waals surface area contributed by atoms with Crippen molar-refractivity contribution in [3.63, 3.8) is 0 Å². The van der Waals surface area contributed by atoms with Crippen molar-refractivity contribution in [2.75, 3.05) is 12.3 Å². The first-order valence-corrected chi connectivity index (χ1v) is 15.2. The predicted octanol–water partition coefficient (Wildman–Crippen LogP) is 3.52. The number of hydrogen-bond donors (Lipinski definition) is 0. The van der Waals surface area contributed by atoms with Crippen LogP contribution in [0.2, 0.25) is 25.7 Å². The van der Waals surface area contributed by atoms with Gasteiger partial charge in [-0.1, -0.05) is 37.3 Å². The number of benzene rings is 1. The van der Waals surface area contributed by atoms with E-state index in [1.54, 1.807) is 12.1 Å². The number of aryl methyl sites for hydroxylation is 1. The number of sulfonamides is 1. The zero-order valence-electron chi connectivity index (χ0n) is 16.0. The highest BCUT2D eigenvalue weighted by atomic mass is 32.2. The molecule has 1 atom stereocenters. The molecular weight excluding hydrogens is 386 g/mol. The molecule has 0 heterocycles. The van der Waals surface area contributed by atoms with Crippen molar-refractivity contribution in [1.29, 1.82) is 0 Å². The third kappa shape index (κ3) is 8.42. The Kier molecular flexibility index (Phi) is 8.92. The van der Waals surface area contributed by atoms with Crippen LogP contribution >= 0.6 is 0 Å². The quantitative estimate of drug-likeness (QED) is 0.315. The largest absolute Gasteiger partial charge is 0.303 e. The molecule has 5 nitrogen and oxygen atoms in total. The van der Waals surface area contributed by atoms with Crippen LogP contribution in [-0.4, -0.2) is 43.6 Å². The molecule has 26 heavy (non-hydrogen) atoms.